The van der Waals surface area contributed by atoms with Gasteiger partial charge in [0, 0.05) is 32.1 Å². The van der Waals surface area contributed by atoms with E-state index >= 15 is 0 Å². The van der Waals surface area contributed by atoms with Crippen LogP contribution < -0.4 is 5.73 Å². The van der Waals surface area contributed by atoms with Crippen LogP contribution in [0, 0.1) is 5.92 Å². The summed E-state index contributed by atoms with van der Waals surface area (Å²) in [6, 6.07) is 0.410. The quantitative estimate of drug-likeness (QED) is 0.842. The van der Waals surface area contributed by atoms with E-state index in [1.807, 2.05) is 0 Å². The molecule has 1 saturated heterocycles. The molecule has 19 heavy (non-hydrogen) atoms. The fourth-order valence-electron chi connectivity index (χ4n) is 3.26. The molecule has 0 aromatic heterocycles. The van der Waals surface area contributed by atoms with Gasteiger partial charge in [0.15, 0.2) is 0 Å². The first kappa shape index (κ1) is 14.8. The molecule has 110 valence electrons. The highest BCUT2D eigenvalue weighted by Gasteiger charge is 2.21. The number of rotatable bonds is 3. The van der Waals surface area contributed by atoms with E-state index in [0.717, 1.165) is 64.2 Å². The monoisotopic (exact) mass is 267 g/mol. The minimum atomic E-state index is 0.366. The maximum Gasteiger partial charge on any atom is 0.222 e. The molecule has 2 aliphatic rings. The third kappa shape index (κ3) is 4.77. The molecule has 2 fully saturated rings. The largest absolute Gasteiger partial charge is 0.341 e. The van der Waals surface area contributed by atoms with E-state index in [1.165, 1.54) is 12.8 Å². The second-order valence-electron chi connectivity index (χ2n) is 6.36. The van der Waals surface area contributed by atoms with E-state index < -0.39 is 0 Å². The van der Waals surface area contributed by atoms with Gasteiger partial charge in [0.2, 0.25) is 5.91 Å². The van der Waals surface area contributed by atoms with Gasteiger partial charge < -0.3 is 15.5 Å². The number of likely N-dealkylation sites (N-methyl/N-ethyl adjacent to an activating group) is 1. The number of carbonyl (C=O) groups is 1. The molecule has 0 atom stereocenters. The number of amides is 1. The molecule has 0 unspecified atom stereocenters. The van der Waals surface area contributed by atoms with Crippen LogP contribution >= 0.6 is 0 Å². The average molecular weight is 267 g/mol. The Balaban J connectivity index is 1.68. The third-order valence-electron chi connectivity index (χ3n) is 4.73. The van der Waals surface area contributed by atoms with Crippen LogP contribution in [0.4, 0.5) is 0 Å². The lowest BCUT2D eigenvalue weighted by atomic mass is 9.84. The van der Waals surface area contributed by atoms with Gasteiger partial charge in [0.05, 0.1) is 0 Å². The first-order valence-corrected chi connectivity index (χ1v) is 7.87. The van der Waals surface area contributed by atoms with Crippen molar-refractivity contribution in [2.24, 2.45) is 11.7 Å². The Morgan fingerprint density at radius 1 is 1.11 bits per heavy atom. The fraction of sp³-hybridized carbons (Fsp3) is 0.933. The highest BCUT2D eigenvalue weighted by atomic mass is 16.2. The zero-order valence-electron chi connectivity index (χ0n) is 12.3. The number of nitrogens with two attached hydrogens (primary N) is 1. The summed E-state index contributed by atoms with van der Waals surface area (Å²) in [5.41, 5.74) is 5.92. The lowest BCUT2D eigenvalue weighted by Gasteiger charge is -2.27. The SMILES string of the molecule is CN1CCCN(C(=O)CCC2CCC(N)CC2)CC1. The fourth-order valence-corrected chi connectivity index (χ4v) is 3.26. The van der Waals surface area contributed by atoms with Gasteiger partial charge in [-0.05, 0) is 58.0 Å². The van der Waals surface area contributed by atoms with Crippen molar-refractivity contribution in [2.45, 2.75) is 51.0 Å². The molecule has 0 aromatic rings. The number of hydrogen-bond donors (Lipinski definition) is 1. The number of carbonyl (C=O) groups excluding carboxylic acids is 1. The van der Waals surface area contributed by atoms with Crippen molar-refractivity contribution in [1.29, 1.82) is 0 Å². The summed E-state index contributed by atoms with van der Waals surface area (Å²) in [5.74, 6) is 1.10. The topological polar surface area (TPSA) is 49.6 Å². The summed E-state index contributed by atoms with van der Waals surface area (Å²) in [5, 5.41) is 0. The molecule has 1 amide bonds. The van der Waals surface area contributed by atoms with Gasteiger partial charge in [0.25, 0.3) is 0 Å². The van der Waals surface area contributed by atoms with E-state index in [2.05, 4.69) is 16.8 Å². The minimum absolute atomic E-state index is 0.366. The van der Waals surface area contributed by atoms with Gasteiger partial charge in [-0.3, -0.25) is 4.79 Å². The zero-order valence-corrected chi connectivity index (χ0v) is 12.3. The summed E-state index contributed by atoms with van der Waals surface area (Å²) < 4.78 is 0. The number of nitrogens with zero attached hydrogens (tertiary/aromatic N) is 2. The van der Waals surface area contributed by atoms with Crippen molar-refractivity contribution in [3.8, 4) is 0 Å². The van der Waals surface area contributed by atoms with E-state index in [9.17, 15) is 4.79 Å². The van der Waals surface area contributed by atoms with Gasteiger partial charge in [0.1, 0.15) is 0 Å². The Hall–Kier alpha value is -0.610. The van der Waals surface area contributed by atoms with Crippen LogP contribution in [-0.4, -0.2) is 55.0 Å². The van der Waals surface area contributed by atoms with E-state index in [-0.39, 0.29) is 0 Å². The molecule has 2 N–H and O–H groups in total. The molecule has 1 aliphatic carbocycles. The second kappa shape index (κ2) is 7.25. The predicted octanol–water partition coefficient (Wildman–Crippen LogP) is 1.45. The van der Waals surface area contributed by atoms with Crippen molar-refractivity contribution in [3.05, 3.63) is 0 Å². The first-order chi connectivity index (χ1) is 9.15. The molecule has 0 bridgehead atoms. The van der Waals surface area contributed by atoms with Gasteiger partial charge in [-0.2, -0.15) is 0 Å². The molecule has 1 aliphatic heterocycles. The van der Waals surface area contributed by atoms with Crippen molar-refractivity contribution in [1.82, 2.24) is 9.80 Å². The van der Waals surface area contributed by atoms with Crippen molar-refractivity contribution in [3.63, 3.8) is 0 Å². The Bertz CT molecular complexity index is 287. The normalized spacial score (nSPS) is 30.1. The lowest BCUT2D eigenvalue weighted by molar-refractivity contribution is -0.131. The lowest BCUT2D eigenvalue weighted by Crippen LogP contribution is -2.35. The van der Waals surface area contributed by atoms with Crippen molar-refractivity contribution < 1.29 is 4.79 Å². The van der Waals surface area contributed by atoms with Crippen LogP contribution in [0.3, 0.4) is 0 Å². The molecule has 2 rings (SSSR count). The van der Waals surface area contributed by atoms with Gasteiger partial charge in [-0.1, -0.05) is 0 Å². The van der Waals surface area contributed by atoms with Crippen LogP contribution in [-0.2, 0) is 4.79 Å². The van der Waals surface area contributed by atoms with Crippen LogP contribution in [0.5, 0.6) is 0 Å². The molecule has 4 nitrogen and oxygen atoms in total. The van der Waals surface area contributed by atoms with Crippen LogP contribution in [0.15, 0.2) is 0 Å². The summed E-state index contributed by atoms with van der Waals surface area (Å²) in [6.45, 7) is 3.98. The van der Waals surface area contributed by atoms with Gasteiger partial charge >= 0.3 is 0 Å². The number of hydrogen-bond acceptors (Lipinski definition) is 3. The average Bonchev–Trinajstić information content (AvgIpc) is 2.63. The maximum atomic E-state index is 12.2. The Kier molecular flexibility index (Phi) is 5.64. The molecule has 0 aromatic carbocycles. The van der Waals surface area contributed by atoms with Crippen LogP contribution in [0.25, 0.3) is 0 Å². The molecule has 1 heterocycles. The molecule has 0 radical (unpaired) electrons. The molecule has 4 heteroatoms. The Morgan fingerprint density at radius 3 is 2.58 bits per heavy atom. The van der Waals surface area contributed by atoms with Gasteiger partial charge in [-0.25, -0.2) is 0 Å². The van der Waals surface area contributed by atoms with Crippen LogP contribution in [0.2, 0.25) is 0 Å². The third-order valence-corrected chi connectivity index (χ3v) is 4.73. The minimum Gasteiger partial charge on any atom is -0.341 e. The predicted molar refractivity (Wildman–Crippen MR) is 77.9 cm³/mol. The Morgan fingerprint density at radius 2 is 1.84 bits per heavy atom. The summed E-state index contributed by atoms with van der Waals surface area (Å²) in [4.78, 5) is 16.6. The van der Waals surface area contributed by atoms with Crippen LogP contribution in [0.1, 0.15) is 44.9 Å². The van der Waals surface area contributed by atoms with E-state index in [0.29, 0.717) is 11.9 Å². The summed E-state index contributed by atoms with van der Waals surface area (Å²) >= 11 is 0. The van der Waals surface area contributed by atoms with Crippen molar-refractivity contribution in [2.75, 3.05) is 33.2 Å². The van der Waals surface area contributed by atoms with Gasteiger partial charge in [-0.15, -0.1) is 0 Å². The highest BCUT2D eigenvalue weighted by Crippen LogP contribution is 2.27. The molecular weight excluding hydrogens is 238 g/mol. The zero-order chi connectivity index (χ0) is 13.7. The standard InChI is InChI=1S/C15H29N3O/c1-17-9-2-10-18(12-11-17)15(19)8-5-13-3-6-14(16)7-4-13/h13-14H,2-12,16H2,1H3. The summed E-state index contributed by atoms with van der Waals surface area (Å²) in [7, 11) is 2.14. The molecule has 1 saturated carbocycles. The first-order valence-electron chi connectivity index (χ1n) is 7.87. The highest BCUT2D eigenvalue weighted by molar-refractivity contribution is 5.76. The van der Waals surface area contributed by atoms with E-state index in [1.54, 1.807) is 0 Å². The van der Waals surface area contributed by atoms with Crippen molar-refractivity contribution >= 4 is 5.91 Å². The molecule has 0 spiro atoms. The second-order valence-corrected chi connectivity index (χ2v) is 6.36. The smallest absolute Gasteiger partial charge is 0.222 e. The summed E-state index contributed by atoms with van der Waals surface area (Å²) in [6.07, 6.45) is 7.65. The molecular formula is C15H29N3O. The maximum absolute atomic E-state index is 12.2. The Labute approximate surface area is 117 Å². The van der Waals surface area contributed by atoms with E-state index in [4.69, 9.17) is 5.73 Å².